The van der Waals surface area contributed by atoms with Crippen LogP contribution in [-0.4, -0.2) is 30.3 Å². The van der Waals surface area contributed by atoms with E-state index in [2.05, 4.69) is 15.5 Å². The van der Waals surface area contributed by atoms with Gasteiger partial charge in [-0.3, -0.25) is 0 Å². The first-order valence-corrected chi connectivity index (χ1v) is 8.08. The molecule has 1 atom stereocenters. The number of carbonyl (C=O) groups is 1. The van der Waals surface area contributed by atoms with Gasteiger partial charge in [-0.15, -0.1) is 10.2 Å². The fourth-order valence-electron chi connectivity index (χ4n) is 2.40. The van der Waals surface area contributed by atoms with Crippen LogP contribution in [0.2, 0.25) is 0 Å². The number of anilines is 1. The molecular formula is C19H19N3O4. The van der Waals surface area contributed by atoms with E-state index in [1.54, 1.807) is 51.4 Å². The van der Waals surface area contributed by atoms with Crippen molar-refractivity contribution in [3.63, 3.8) is 0 Å². The van der Waals surface area contributed by atoms with Crippen molar-refractivity contribution in [3.8, 4) is 17.2 Å². The minimum atomic E-state index is -0.674. The number of carbonyl (C=O) groups excluding carboxylic acids is 1. The topological polar surface area (TPSA) is 86.5 Å². The van der Waals surface area contributed by atoms with Gasteiger partial charge in [-0.05, 0) is 43.3 Å². The van der Waals surface area contributed by atoms with Crippen LogP contribution < -0.4 is 10.1 Å². The van der Waals surface area contributed by atoms with Gasteiger partial charge in [0.1, 0.15) is 5.75 Å². The molecule has 134 valence electrons. The normalized spacial score (nSPS) is 11.7. The molecule has 1 heterocycles. The quantitative estimate of drug-likeness (QED) is 0.676. The number of nitrogens with zero attached hydrogens (tertiary/aromatic N) is 2. The van der Waals surface area contributed by atoms with Crippen molar-refractivity contribution in [3.05, 3.63) is 60.0 Å². The van der Waals surface area contributed by atoms with Crippen LogP contribution in [0.4, 0.5) is 5.69 Å². The monoisotopic (exact) mass is 353 g/mol. The van der Waals surface area contributed by atoms with Crippen LogP contribution in [0.15, 0.2) is 52.9 Å². The average molecular weight is 353 g/mol. The van der Waals surface area contributed by atoms with Crippen LogP contribution in [0.25, 0.3) is 11.5 Å². The highest BCUT2D eigenvalue weighted by molar-refractivity contribution is 5.95. The Bertz CT molecular complexity index is 890. The Kier molecular flexibility index (Phi) is 5.17. The van der Waals surface area contributed by atoms with Gasteiger partial charge in [-0.2, -0.15) is 0 Å². The van der Waals surface area contributed by atoms with Crippen molar-refractivity contribution < 1.29 is 18.7 Å². The Hall–Kier alpha value is -3.35. The van der Waals surface area contributed by atoms with E-state index < -0.39 is 12.1 Å². The fraction of sp³-hybridized carbons (Fsp3) is 0.211. The Morgan fingerprint density at radius 3 is 2.54 bits per heavy atom. The summed E-state index contributed by atoms with van der Waals surface area (Å²) in [6.07, 6.45) is -0.674. The van der Waals surface area contributed by atoms with Crippen LogP contribution in [-0.2, 0) is 4.74 Å². The SMILES string of the molecule is CNc1ccccc1C(=O)OC(C)c1nnc(-c2ccc(OC)cc2)o1. The number of hydrogen-bond donors (Lipinski definition) is 1. The summed E-state index contributed by atoms with van der Waals surface area (Å²) in [5, 5.41) is 11.0. The van der Waals surface area contributed by atoms with Crippen molar-refractivity contribution in [2.45, 2.75) is 13.0 Å². The molecular weight excluding hydrogens is 334 g/mol. The van der Waals surface area contributed by atoms with E-state index in [4.69, 9.17) is 13.9 Å². The van der Waals surface area contributed by atoms with Gasteiger partial charge in [0.2, 0.25) is 5.89 Å². The van der Waals surface area contributed by atoms with E-state index in [-0.39, 0.29) is 5.89 Å². The second kappa shape index (κ2) is 7.69. The summed E-state index contributed by atoms with van der Waals surface area (Å²) in [5.41, 5.74) is 1.88. The molecule has 2 aromatic carbocycles. The molecule has 7 nitrogen and oxygen atoms in total. The van der Waals surface area contributed by atoms with E-state index in [0.717, 1.165) is 11.3 Å². The highest BCUT2D eigenvalue weighted by atomic mass is 16.6. The summed E-state index contributed by atoms with van der Waals surface area (Å²) in [6, 6.07) is 14.3. The molecule has 1 unspecified atom stereocenters. The van der Waals surface area contributed by atoms with Crippen molar-refractivity contribution in [1.29, 1.82) is 0 Å². The summed E-state index contributed by atoms with van der Waals surface area (Å²) >= 11 is 0. The zero-order valence-corrected chi connectivity index (χ0v) is 14.7. The first kappa shape index (κ1) is 17.5. The lowest BCUT2D eigenvalue weighted by molar-refractivity contribution is 0.0281. The van der Waals surface area contributed by atoms with E-state index in [9.17, 15) is 4.79 Å². The first-order chi connectivity index (χ1) is 12.6. The zero-order chi connectivity index (χ0) is 18.5. The predicted molar refractivity (Wildman–Crippen MR) is 96.1 cm³/mol. The molecule has 0 saturated heterocycles. The van der Waals surface area contributed by atoms with Crippen LogP contribution in [0.1, 0.15) is 29.3 Å². The first-order valence-electron chi connectivity index (χ1n) is 8.08. The molecule has 0 saturated carbocycles. The number of methoxy groups -OCH3 is 1. The molecule has 3 rings (SSSR count). The molecule has 7 heteroatoms. The van der Waals surface area contributed by atoms with Gasteiger partial charge < -0.3 is 19.2 Å². The minimum Gasteiger partial charge on any atom is -0.497 e. The number of aromatic nitrogens is 2. The highest BCUT2D eigenvalue weighted by Gasteiger charge is 2.21. The van der Waals surface area contributed by atoms with Gasteiger partial charge in [0, 0.05) is 18.3 Å². The summed E-state index contributed by atoms with van der Waals surface area (Å²) in [5.74, 6) is 0.845. The Labute approximate surface area is 151 Å². The van der Waals surface area contributed by atoms with Gasteiger partial charge in [-0.25, -0.2) is 4.79 Å². The Morgan fingerprint density at radius 1 is 1.12 bits per heavy atom. The largest absolute Gasteiger partial charge is 0.497 e. The lowest BCUT2D eigenvalue weighted by Crippen LogP contribution is -2.11. The second-order valence-electron chi connectivity index (χ2n) is 5.52. The molecule has 0 fully saturated rings. The van der Waals surface area contributed by atoms with E-state index in [1.807, 2.05) is 18.2 Å². The third-order valence-electron chi connectivity index (χ3n) is 3.83. The summed E-state index contributed by atoms with van der Waals surface area (Å²) in [7, 11) is 3.34. The maximum atomic E-state index is 12.4. The molecule has 0 aliphatic carbocycles. The van der Waals surface area contributed by atoms with Gasteiger partial charge in [-0.1, -0.05) is 12.1 Å². The fourth-order valence-corrected chi connectivity index (χ4v) is 2.40. The molecule has 0 amide bonds. The maximum absolute atomic E-state index is 12.4. The van der Waals surface area contributed by atoms with Crippen molar-refractivity contribution in [1.82, 2.24) is 10.2 Å². The van der Waals surface area contributed by atoms with Crippen molar-refractivity contribution in [2.24, 2.45) is 0 Å². The summed E-state index contributed by atoms with van der Waals surface area (Å²) in [6.45, 7) is 1.69. The molecule has 0 aliphatic rings. The zero-order valence-electron chi connectivity index (χ0n) is 14.7. The van der Waals surface area contributed by atoms with Gasteiger partial charge in [0.15, 0.2) is 6.10 Å². The minimum absolute atomic E-state index is 0.228. The molecule has 3 aromatic rings. The molecule has 0 aliphatic heterocycles. The molecule has 0 radical (unpaired) electrons. The third-order valence-corrected chi connectivity index (χ3v) is 3.83. The van der Waals surface area contributed by atoms with Gasteiger partial charge in [0.25, 0.3) is 5.89 Å². The Morgan fingerprint density at radius 2 is 1.85 bits per heavy atom. The number of esters is 1. The van der Waals surface area contributed by atoms with E-state index >= 15 is 0 Å². The lowest BCUT2D eigenvalue weighted by Gasteiger charge is -2.12. The second-order valence-corrected chi connectivity index (χ2v) is 5.52. The Balaban J connectivity index is 1.73. The predicted octanol–water partition coefficient (Wildman–Crippen LogP) is 3.70. The van der Waals surface area contributed by atoms with Crippen molar-refractivity contribution in [2.75, 3.05) is 19.5 Å². The van der Waals surface area contributed by atoms with E-state index in [1.165, 1.54) is 0 Å². The van der Waals surface area contributed by atoms with Gasteiger partial charge >= 0.3 is 5.97 Å². The maximum Gasteiger partial charge on any atom is 0.341 e. The number of ether oxygens (including phenoxy) is 2. The summed E-state index contributed by atoms with van der Waals surface area (Å²) < 4.78 is 16.2. The smallest absolute Gasteiger partial charge is 0.341 e. The standard InChI is InChI=1S/C19H19N3O4/c1-12(25-19(23)15-6-4-5-7-16(15)20-2)17-21-22-18(26-17)13-8-10-14(24-3)11-9-13/h4-12,20H,1-3H3. The summed E-state index contributed by atoms with van der Waals surface area (Å²) in [4.78, 5) is 12.4. The lowest BCUT2D eigenvalue weighted by atomic mass is 10.2. The van der Waals surface area contributed by atoms with Gasteiger partial charge in [0.05, 0.1) is 12.7 Å². The van der Waals surface area contributed by atoms with Crippen molar-refractivity contribution >= 4 is 11.7 Å². The number of rotatable bonds is 6. The third kappa shape index (κ3) is 3.66. The number of hydrogen-bond acceptors (Lipinski definition) is 7. The van der Waals surface area contributed by atoms with Crippen LogP contribution in [0.3, 0.4) is 0 Å². The van der Waals surface area contributed by atoms with E-state index in [0.29, 0.717) is 17.1 Å². The molecule has 26 heavy (non-hydrogen) atoms. The average Bonchev–Trinajstić information content (AvgIpc) is 3.18. The van der Waals surface area contributed by atoms with Crippen LogP contribution in [0, 0.1) is 0 Å². The van der Waals surface area contributed by atoms with Crippen LogP contribution in [0.5, 0.6) is 5.75 Å². The molecule has 1 N–H and O–H groups in total. The molecule has 0 bridgehead atoms. The van der Waals surface area contributed by atoms with Crippen LogP contribution >= 0.6 is 0 Å². The number of nitrogens with one attached hydrogen (secondary N) is 1. The number of para-hydroxylation sites is 1. The molecule has 0 spiro atoms. The highest BCUT2D eigenvalue weighted by Crippen LogP contribution is 2.25. The number of benzene rings is 2. The molecule has 1 aromatic heterocycles.